The third-order valence-electron chi connectivity index (χ3n) is 6.65. The van der Waals surface area contributed by atoms with Gasteiger partial charge in [-0.2, -0.15) is 0 Å². The molecule has 3 aromatic rings. The van der Waals surface area contributed by atoms with Crippen LogP contribution in [0, 0.1) is 29.4 Å². The van der Waals surface area contributed by atoms with Gasteiger partial charge in [-0.15, -0.1) is 0 Å². The third kappa shape index (κ3) is 3.38. The second-order valence-electron chi connectivity index (χ2n) is 8.71. The Bertz CT molecular complexity index is 1420. The summed E-state index contributed by atoms with van der Waals surface area (Å²) in [7, 11) is 0. The summed E-state index contributed by atoms with van der Waals surface area (Å²) in [6.45, 7) is 2.03. The highest BCUT2D eigenvalue weighted by atomic mass is 19.1. The first-order valence-electron chi connectivity index (χ1n) is 10.6. The summed E-state index contributed by atoms with van der Waals surface area (Å²) in [6, 6.07) is 6.36. The van der Waals surface area contributed by atoms with Crippen LogP contribution in [0.2, 0.25) is 0 Å². The molecule has 0 aliphatic heterocycles. The van der Waals surface area contributed by atoms with Gasteiger partial charge >= 0.3 is 5.97 Å². The topological polar surface area (TPSA) is 75.1 Å². The molecule has 164 valence electrons. The first-order chi connectivity index (χ1) is 15.3. The zero-order valence-corrected chi connectivity index (χ0v) is 17.4. The first-order valence-corrected chi connectivity index (χ1v) is 10.6. The number of rotatable bonds is 5. The van der Waals surface area contributed by atoms with Crippen LogP contribution in [0.25, 0.3) is 23.3 Å². The summed E-state index contributed by atoms with van der Waals surface area (Å²) < 4.78 is 29.7. The highest BCUT2D eigenvalue weighted by molar-refractivity contribution is 5.95. The van der Waals surface area contributed by atoms with Gasteiger partial charge in [-0.25, -0.2) is 13.6 Å². The Morgan fingerprint density at radius 1 is 1.28 bits per heavy atom. The van der Waals surface area contributed by atoms with Gasteiger partial charge < -0.3 is 14.7 Å². The summed E-state index contributed by atoms with van der Waals surface area (Å²) in [5.41, 5.74) is 0.105. The van der Waals surface area contributed by atoms with Crippen LogP contribution in [0.3, 0.4) is 0 Å². The summed E-state index contributed by atoms with van der Waals surface area (Å²) in [4.78, 5) is 27.7. The van der Waals surface area contributed by atoms with Gasteiger partial charge in [-0.3, -0.25) is 4.79 Å². The number of carboxylic acids is 1. The van der Waals surface area contributed by atoms with Gasteiger partial charge in [0.05, 0.1) is 6.54 Å². The van der Waals surface area contributed by atoms with Crippen LogP contribution in [0.4, 0.5) is 8.78 Å². The molecular formula is C25H22F2N2O3. The van der Waals surface area contributed by atoms with Crippen molar-refractivity contribution < 1.29 is 18.7 Å². The Morgan fingerprint density at radius 3 is 2.75 bits per heavy atom. The van der Waals surface area contributed by atoms with E-state index in [2.05, 4.69) is 18.0 Å². The number of H-pyrrole nitrogens is 1. The SMILES string of the molecule is C[C@@H]1C[C@@H]1C1C=c2c(-c3ccc[nH]c3=O)c(C(=O)O)n(Cc3cc(F)ccc3F)c2=CC1. The lowest BCUT2D eigenvalue weighted by atomic mass is 9.92. The van der Waals surface area contributed by atoms with E-state index in [4.69, 9.17) is 0 Å². The monoisotopic (exact) mass is 436 g/mol. The molecule has 0 amide bonds. The van der Waals surface area contributed by atoms with E-state index in [1.54, 1.807) is 12.1 Å². The summed E-state index contributed by atoms with van der Waals surface area (Å²) in [5, 5.41) is 11.4. The van der Waals surface area contributed by atoms with Crippen molar-refractivity contribution in [2.45, 2.75) is 26.3 Å². The summed E-state index contributed by atoms with van der Waals surface area (Å²) >= 11 is 0. The van der Waals surface area contributed by atoms with Crippen molar-refractivity contribution in [3.8, 4) is 11.1 Å². The number of nitrogens with zero attached hydrogens (tertiary/aromatic N) is 1. The number of aromatic nitrogens is 2. The highest BCUT2D eigenvalue weighted by Gasteiger charge is 2.39. The molecule has 0 spiro atoms. The average molecular weight is 436 g/mol. The largest absolute Gasteiger partial charge is 0.477 e. The van der Waals surface area contributed by atoms with Gasteiger partial charge in [0.15, 0.2) is 0 Å². The van der Waals surface area contributed by atoms with Gasteiger partial charge in [0, 0.05) is 33.5 Å². The molecule has 2 aliphatic rings. The van der Waals surface area contributed by atoms with Crippen LogP contribution < -0.4 is 16.1 Å². The Hall–Kier alpha value is -3.48. The van der Waals surface area contributed by atoms with Crippen LogP contribution in [-0.2, 0) is 6.54 Å². The van der Waals surface area contributed by atoms with Crippen LogP contribution in [0.5, 0.6) is 0 Å². The molecule has 1 aromatic carbocycles. The first kappa shape index (κ1) is 20.4. The molecule has 0 radical (unpaired) electrons. The van der Waals surface area contributed by atoms with Crippen molar-refractivity contribution >= 4 is 18.1 Å². The van der Waals surface area contributed by atoms with Crippen LogP contribution >= 0.6 is 0 Å². The molecule has 0 bridgehead atoms. The smallest absolute Gasteiger partial charge is 0.353 e. The Labute approximate surface area is 182 Å². The van der Waals surface area contributed by atoms with E-state index in [0.29, 0.717) is 28.0 Å². The molecule has 3 atom stereocenters. The minimum atomic E-state index is -1.23. The molecule has 2 aliphatic carbocycles. The molecule has 5 rings (SSSR count). The van der Waals surface area contributed by atoms with E-state index >= 15 is 0 Å². The number of aromatic amines is 1. The minimum Gasteiger partial charge on any atom is -0.477 e. The van der Waals surface area contributed by atoms with Gasteiger partial charge in [-0.05, 0) is 60.9 Å². The van der Waals surface area contributed by atoms with Crippen LogP contribution in [0.15, 0.2) is 41.3 Å². The predicted octanol–water partition coefficient (Wildman–Crippen LogP) is 3.11. The number of pyridine rings is 1. The van der Waals surface area contributed by atoms with Crippen molar-refractivity contribution in [2.75, 3.05) is 0 Å². The lowest BCUT2D eigenvalue weighted by molar-refractivity contribution is 0.0686. The fourth-order valence-corrected chi connectivity index (χ4v) is 4.93. The van der Waals surface area contributed by atoms with E-state index < -0.39 is 23.2 Å². The second-order valence-corrected chi connectivity index (χ2v) is 8.71. The number of halogens is 2. The van der Waals surface area contributed by atoms with Crippen LogP contribution in [-0.4, -0.2) is 20.6 Å². The van der Waals surface area contributed by atoms with Crippen molar-refractivity contribution in [1.82, 2.24) is 9.55 Å². The molecule has 2 N–H and O–H groups in total. The van der Waals surface area contributed by atoms with Gasteiger partial charge in [0.2, 0.25) is 0 Å². The van der Waals surface area contributed by atoms with Gasteiger partial charge in [0.25, 0.3) is 5.56 Å². The van der Waals surface area contributed by atoms with E-state index in [0.717, 1.165) is 31.0 Å². The lowest BCUT2D eigenvalue weighted by Crippen LogP contribution is -2.35. The quantitative estimate of drug-likeness (QED) is 0.646. The van der Waals surface area contributed by atoms with Gasteiger partial charge in [-0.1, -0.05) is 19.1 Å². The Balaban J connectivity index is 1.80. The highest BCUT2D eigenvalue weighted by Crippen LogP contribution is 2.46. The number of carbonyl (C=O) groups is 1. The van der Waals surface area contributed by atoms with Crippen molar-refractivity contribution in [3.63, 3.8) is 0 Å². The van der Waals surface area contributed by atoms with E-state index in [1.807, 2.05) is 6.08 Å². The standard InChI is InChI=1S/C25H22F2N2O3/c1-13-9-18(13)14-4-7-21-19(11-14)22(17-3-2-8-28-24(17)30)23(25(31)32)29(21)12-15-10-16(26)5-6-20(15)27/h2-3,5-8,10-11,13-14,18H,4,9,12H2,1H3,(H,28,30)(H,31,32)/t13-,14?,18+/m1/s1. The molecule has 1 saturated carbocycles. The number of carboxylic acid groups (broad SMARTS) is 1. The normalized spacial score (nSPS) is 21.4. The van der Waals surface area contributed by atoms with Crippen molar-refractivity contribution in [1.29, 1.82) is 0 Å². The fourth-order valence-electron chi connectivity index (χ4n) is 4.93. The molecule has 2 aromatic heterocycles. The summed E-state index contributed by atoms with van der Waals surface area (Å²) in [6.07, 6.45) is 7.38. The fraction of sp³-hybridized carbons (Fsp3) is 0.280. The van der Waals surface area contributed by atoms with E-state index in [-0.39, 0.29) is 29.3 Å². The zero-order valence-electron chi connectivity index (χ0n) is 17.4. The Kier molecular flexibility index (Phi) is 4.84. The maximum atomic E-state index is 14.4. The minimum absolute atomic E-state index is 0.0464. The average Bonchev–Trinajstić information content (AvgIpc) is 3.41. The number of benzene rings is 1. The van der Waals surface area contributed by atoms with E-state index in [9.17, 15) is 23.5 Å². The van der Waals surface area contributed by atoms with Crippen molar-refractivity contribution in [2.24, 2.45) is 17.8 Å². The molecule has 1 fully saturated rings. The number of hydrogen-bond donors (Lipinski definition) is 2. The lowest BCUT2D eigenvalue weighted by Gasteiger charge is -2.14. The number of hydrogen-bond acceptors (Lipinski definition) is 2. The van der Waals surface area contributed by atoms with E-state index in [1.165, 1.54) is 10.8 Å². The van der Waals surface area contributed by atoms with Crippen molar-refractivity contribution in [3.05, 3.63) is 80.3 Å². The zero-order chi connectivity index (χ0) is 22.6. The molecule has 5 nitrogen and oxygen atoms in total. The number of aromatic carboxylic acids is 1. The molecule has 2 heterocycles. The number of nitrogens with one attached hydrogen (secondary N) is 1. The maximum Gasteiger partial charge on any atom is 0.353 e. The molecular weight excluding hydrogens is 414 g/mol. The molecule has 7 heteroatoms. The predicted molar refractivity (Wildman–Crippen MR) is 116 cm³/mol. The summed E-state index contributed by atoms with van der Waals surface area (Å²) in [5.74, 6) is -1.06. The Morgan fingerprint density at radius 2 is 2.06 bits per heavy atom. The second kappa shape index (κ2) is 7.58. The molecule has 0 saturated heterocycles. The van der Waals surface area contributed by atoms with Gasteiger partial charge in [0.1, 0.15) is 17.3 Å². The number of fused-ring (bicyclic) bond motifs is 1. The van der Waals surface area contributed by atoms with Crippen LogP contribution in [0.1, 0.15) is 35.8 Å². The molecule has 1 unspecified atom stereocenters. The third-order valence-corrected chi connectivity index (χ3v) is 6.65. The maximum absolute atomic E-state index is 14.4. The molecule has 32 heavy (non-hydrogen) atoms.